The van der Waals surface area contributed by atoms with Crippen LogP contribution < -0.4 is 4.74 Å². The fourth-order valence-corrected chi connectivity index (χ4v) is 4.89. The molecule has 3 aromatic carbocycles. The zero-order chi connectivity index (χ0) is 25.9. The van der Waals surface area contributed by atoms with Gasteiger partial charge in [-0.05, 0) is 66.6 Å². The molecule has 4 aromatic rings. The van der Waals surface area contributed by atoms with Gasteiger partial charge in [0.15, 0.2) is 0 Å². The summed E-state index contributed by atoms with van der Waals surface area (Å²) in [6.45, 7) is 2.53. The van der Waals surface area contributed by atoms with E-state index in [0.29, 0.717) is 29.2 Å². The molecule has 0 spiro atoms. The standard InChI is InChI=1S/C30H24BrNO5/c1-19-5-2-6-20(15-19)18-37-24-12-10-21(11-13-24)28(33)26-27(22-7-3-8-23(31)16-22)32(30(35)29(26)34)17-25-9-4-14-36-25/h2-16,27,33H,17-18H2,1H3/b28-26+. The Kier molecular flexibility index (Phi) is 6.97. The number of nitrogens with zero attached hydrogens (tertiary/aromatic N) is 1. The Bertz CT molecular complexity index is 1470. The number of benzene rings is 3. The molecule has 186 valence electrons. The van der Waals surface area contributed by atoms with Gasteiger partial charge in [0, 0.05) is 10.0 Å². The van der Waals surface area contributed by atoms with E-state index in [1.807, 2.05) is 49.4 Å². The molecule has 1 fully saturated rings. The number of halogens is 1. The van der Waals surface area contributed by atoms with Crippen molar-refractivity contribution >= 4 is 33.4 Å². The zero-order valence-electron chi connectivity index (χ0n) is 20.1. The third kappa shape index (κ3) is 5.22. The molecule has 2 heterocycles. The molecule has 0 saturated carbocycles. The summed E-state index contributed by atoms with van der Waals surface area (Å²) in [5.74, 6) is -0.512. The Balaban J connectivity index is 1.47. The summed E-state index contributed by atoms with van der Waals surface area (Å²) in [6.07, 6.45) is 1.52. The minimum absolute atomic E-state index is 0.0306. The number of ketones is 1. The summed E-state index contributed by atoms with van der Waals surface area (Å²) in [5.41, 5.74) is 3.35. The van der Waals surface area contributed by atoms with Crippen molar-refractivity contribution in [1.82, 2.24) is 4.90 Å². The van der Waals surface area contributed by atoms with E-state index in [1.54, 1.807) is 36.4 Å². The van der Waals surface area contributed by atoms with Gasteiger partial charge in [-0.25, -0.2) is 0 Å². The highest BCUT2D eigenvalue weighted by molar-refractivity contribution is 9.10. The van der Waals surface area contributed by atoms with E-state index < -0.39 is 17.7 Å². The number of carbonyl (C=O) groups excluding carboxylic acids is 2. The summed E-state index contributed by atoms with van der Waals surface area (Å²) >= 11 is 3.47. The Morgan fingerprint density at radius 2 is 1.78 bits per heavy atom. The molecule has 1 atom stereocenters. The van der Waals surface area contributed by atoms with E-state index >= 15 is 0 Å². The first-order valence-electron chi connectivity index (χ1n) is 11.8. The highest BCUT2D eigenvalue weighted by Gasteiger charge is 2.46. The summed E-state index contributed by atoms with van der Waals surface area (Å²) < 4.78 is 12.1. The molecule has 0 bridgehead atoms. The maximum absolute atomic E-state index is 13.2. The molecular weight excluding hydrogens is 534 g/mol. The number of Topliss-reactive ketones (excluding diaryl/α,β-unsaturated/α-hetero) is 1. The zero-order valence-corrected chi connectivity index (χ0v) is 21.6. The van der Waals surface area contributed by atoms with Crippen LogP contribution in [-0.4, -0.2) is 21.7 Å². The van der Waals surface area contributed by atoms with Crippen LogP contribution in [0.3, 0.4) is 0 Å². The normalized spacial score (nSPS) is 16.8. The number of aryl methyl sites for hydroxylation is 1. The smallest absolute Gasteiger partial charge is 0.296 e. The van der Waals surface area contributed by atoms with Crippen molar-refractivity contribution < 1.29 is 23.8 Å². The van der Waals surface area contributed by atoms with Crippen LogP contribution in [0.25, 0.3) is 5.76 Å². The first kappa shape index (κ1) is 24.6. The average Bonchev–Trinajstić information content (AvgIpc) is 3.50. The average molecular weight is 558 g/mol. The predicted molar refractivity (Wildman–Crippen MR) is 143 cm³/mol. The Hall–Kier alpha value is -4.10. The van der Waals surface area contributed by atoms with Crippen molar-refractivity contribution in [3.8, 4) is 5.75 Å². The summed E-state index contributed by atoms with van der Waals surface area (Å²) in [4.78, 5) is 27.7. The number of amides is 1. The Morgan fingerprint density at radius 3 is 2.49 bits per heavy atom. The maximum atomic E-state index is 13.2. The first-order chi connectivity index (χ1) is 17.9. The van der Waals surface area contributed by atoms with Crippen molar-refractivity contribution in [3.05, 3.63) is 129 Å². The van der Waals surface area contributed by atoms with Crippen LogP contribution in [0.15, 0.2) is 106 Å². The second-order valence-corrected chi connectivity index (χ2v) is 9.78. The first-order valence-corrected chi connectivity index (χ1v) is 12.5. The second-order valence-electron chi connectivity index (χ2n) is 8.86. The number of rotatable bonds is 7. The third-order valence-corrected chi connectivity index (χ3v) is 6.72. The number of carbonyl (C=O) groups is 2. The van der Waals surface area contributed by atoms with Crippen LogP contribution in [0.2, 0.25) is 0 Å². The lowest BCUT2D eigenvalue weighted by atomic mass is 9.95. The minimum Gasteiger partial charge on any atom is -0.507 e. The lowest BCUT2D eigenvalue weighted by Crippen LogP contribution is -2.29. The molecule has 7 heteroatoms. The van der Waals surface area contributed by atoms with Crippen molar-refractivity contribution in [2.75, 3.05) is 0 Å². The number of likely N-dealkylation sites (tertiary alicyclic amines) is 1. The van der Waals surface area contributed by atoms with Gasteiger partial charge >= 0.3 is 0 Å². The van der Waals surface area contributed by atoms with Crippen LogP contribution in [0.4, 0.5) is 0 Å². The minimum atomic E-state index is -0.778. The van der Waals surface area contributed by atoms with Gasteiger partial charge in [-0.3, -0.25) is 9.59 Å². The molecular formula is C30H24BrNO5. The van der Waals surface area contributed by atoms with Gasteiger partial charge in [-0.1, -0.05) is 57.9 Å². The quantitative estimate of drug-likeness (QED) is 0.158. The van der Waals surface area contributed by atoms with Gasteiger partial charge < -0.3 is 19.2 Å². The maximum Gasteiger partial charge on any atom is 0.296 e. The Labute approximate surface area is 222 Å². The van der Waals surface area contributed by atoms with E-state index in [1.165, 1.54) is 11.2 Å². The van der Waals surface area contributed by atoms with Crippen molar-refractivity contribution in [1.29, 1.82) is 0 Å². The molecule has 1 aliphatic heterocycles. The van der Waals surface area contributed by atoms with Crippen molar-refractivity contribution in [2.24, 2.45) is 0 Å². The highest BCUT2D eigenvalue weighted by atomic mass is 79.9. The fourth-order valence-electron chi connectivity index (χ4n) is 4.47. The fraction of sp³-hybridized carbons (Fsp3) is 0.133. The van der Waals surface area contributed by atoms with Gasteiger partial charge in [0.05, 0.1) is 24.4 Å². The molecule has 5 rings (SSSR count). The summed E-state index contributed by atoms with van der Waals surface area (Å²) in [7, 11) is 0. The number of hydrogen-bond acceptors (Lipinski definition) is 5. The van der Waals surface area contributed by atoms with E-state index in [4.69, 9.17) is 9.15 Å². The Morgan fingerprint density at radius 1 is 1.00 bits per heavy atom. The highest BCUT2D eigenvalue weighted by Crippen LogP contribution is 2.41. The van der Waals surface area contributed by atoms with E-state index in [-0.39, 0.29) is 17.9 Å². The van der Waals surface area contributed by atoms with Crippen LogP contribution in [-0.2, 0) is 22.7 Å². The van der Waals surface area contributed by atoms with Crippen LogP contribution in [0.1, 0.15) is 34.1 Å². The monoisotopic (exact) mass is 557 g/mol. The molecule has 37 heavy (non-hydrogen) atoms. The van der Waals surface area contributed by atoms with Gasteiger partial charge in [0.2, 0.25) is 0 Å². The van der Waals surface area contributed by atoms with Crippen molar-refractivity contribution in [3.63, 3.8) is 0 Å². The molecule has 1 saturated heterocycles. The topological polar surface area (TPSA) is 80.0 Å². The molecule has 6 nitrogen and oxygen atoms in total. The summed E-state index contributed by atoms with van der Waals surface area (Å²) in [6, 6.07) is 24.9. The van der Waals surface area contributed by atoms with Gasteiger partial charge in [-0.2, -0.15) is 0 Å². The summed E-state index contributed by atoms with van der Waals surface area (Å²) in [5, 5.41) is 11.3. The number of furan rings is 1. The number of aliphatic hydroxyl groups is 1. The van der Waals surface area contributed by atoms with Crippen molar-refractivity contribution in [2.45, 2.75) is 26.1 Å². The number of ether oxygens (including phenoxy) is 1. The van der Waals surface area contributed by atoms with E-state index in [0.717, 1.165) is 15.6 Å². The largest absolute Gasteiger partial charge is 0.507 e. The van der Waals surface area contributed by atoms with Gasteiger partial charge in [-0.15, -0.1) is 0 Å². The van der Waals surface area contributed by atoms with Crippen LogP contribution in [0, 0.1) is 6.92 Å². The van der Waals surface area contributed by atoms with E-state index in [9.17, 15) is 14.7 Å². The lowest BCUT2D eigenvalue weighted by molar-refractivity contribution is -0.140. The molecule has 0 radical (unpaired) electrons. The molecule has 1 unspecified atom stereocenters. The molecule has 1 amide bonds. The van der Waals surface area contributed by atoms with E-state index in [2.05, 4.69) is 22.0 Å². The molecule has 1 aromatic heterocycles. The molecule has 0 aliphatic carbocycles. The second kappa shape index (κ2) is 10.5. The lowest BCUT2D eigenvalue weighted by Gasteiger charge is -2.24. The van der Waals surface area contributed by atoms with Crippen LogP contribution in [0.5, 0.6) is 5.75 Å². The number of hydrogen-bond donors (Lipinski definition) is 1. The third-order valence-electron chi connectivity index (χ3n) is 6.23. The van der Waals surface area contributed by atoms with Gasteiger partial charge in [0.25, 0.3) is 11.7 Å². The van der Waals surface area contributed by atoms with Gasteiger partial charge in [0.1, 0.15) is 23.9 Å². The number of aliphatic hydroxyl groups excluding tert-OH is 1. The van der Waals surface area contributed by atoms with Crippen LogP contribution >= 0.6 is 15.9 Å². The predicted octanol–water partition coefficient (Wildman–Crippen LogP) is 6.55. The molecule has 1 N–H and O–H groups in total. The molecule has 1 aliphatic rings. The SMILES string of the molecule is Cc1cccc(COc2ccc(/C(O)=C3\C(=O)C(=O)N(Cc4ccco4)C3c3cccc(Br)c3)cc2)c1.